The third-order valence-corrected chi connectivity index (χ3v) is 4.52. The van der Waals surface area contributed by atoms with Crippen molar-refractivity contribution in [3.63, 3.8) is 0 Å². The fraction of sp³-hybridized carbons (Fsp3) is 0.300. The first-order chi connectivity index (χ1) is 12.0. The summed E-state index contributed by atoms with van der Waals surface area (Å²) in [4.78, 5) is 26.2. The third-order valence-electron chi connectivity index (χ3n) is 4.52. The predicted molar refractivity (Wildman–Crippen MR) is 93.4 cm³/mol. The Labute approximate surface area is 146 Å². The highest BCUT2D eigenvalue weighted by atomic mass is 19.1. The molecule has 1 fully saturated rings. The third kappa shape index (κ3) is 4.24. The van der Waals surface area contributed by atoms with Crippen LogP contribution in [0.3, 0.4) is 0 Å². The van der Waals surface area contributed by atoms with Crippen LogP contribution in [0.1, 0.15) is 27.9 Å². The molecular weight excluding hydrogens is 319 g/mol. The molecule has 0 spiro atoms. The maximum atomic E-state index is 13.0. The van der Waals surface area contributed by atoms with Gasteiger partial charge in [-0.1, -0.05) is 30.3 Å². The molecule has 1 N–H and O–H groups in total. The van der Waals surface area contributed by atoms with E-state index in [1.807, 2.05) is 25.1 Å². The summed E-state index contributed by atoms with van der Waals surface area (Å²) in [5, 5.41) is 2.93. The maximum absolute atomic E-state index is 13.0. The first-order valence-corrected chi connectivity index (χ1v) is 8.39. The largest absolute Gasteiger partial charge is 0.352 e. The van der Waals surface area contributed by atoms with E-state index in [1.54, 1.807) is 23.1 Å². The summed E-state index contributed by atoms with van der Waals surface area (Å²) in [6.45, 7) is 3.45. The number of amides is 2. The molecule has 130 valence electrons. The molecule has 1 aliphatic heterocycles. The van der Waals surface area contributed by atoms with Crippen molar-refractivity contribution >= 4 is 11.8 Å². The lowest BCUT2D eigenvalue weighted by Gasteiger charge is -2.17. The van der Waals surface area contributed by atoms with Crippen molar-refractivity contribution in [3.05, 3.63) is 71.0 Å². The van der Waals surface area contributed by atoms with Crippen LogP contribution in [-0.4, -0.2) is 29.8 Å². The van der Waals surface area contributed by atoms with E-state index in [9.17, 15) is 14.0 Å². The Kier molecular flexibility index (Phi) is 5.12. The summed E-state index contributed by atoms with van der Waals surface area (Å²) in [5.74, 6) is -0.226. The molecule has 0 aromatic heterocycles. The quantitative estimate of drug-likeness (QED) is 0.910. The highest BCUT2D eigenvalue weighted by Crippen LogP contribution is 2.20. The second-order valence-electron chi connectivity index (χ2n) is 6.50. The summed E-state index contributed by atoms with van der Waals surface area (Å²) in [5.41, 5.74) is 2.50. The molecule has 0 bridgehead atoms. The molecule has 2 aromatic carbocycles. The molecule has 0 unspecified atom stereocenters. The Hall–Kier alpha value is -2.69. The average Bonchev–Trinajstić information content (AvgIpc) is 2.95. The van der Waals surface area contributed by atoms with Crippen molar-refractivity contribution in [1.29, 1.82) is 0 Å². The smallest absolute Gasteiger partial charge is 0.251 e. The molecule has 2 amide bonds. The van der Waals surface area contributed by atoms with Crippen LogP contribution in [0.2, 0.25) is 0 Å². The van der Waals surface area contributed by atoms with Gasteiger partial charge in [0.2, 0.25) is 5.91 Å². The molecule has 25 heavy (non-hydrogen) atoms. The molecule has 0 saturated carbocycles. The minimum atomic E-state index is -0.284. The fourth-order valence-electron chi connectivity index (χ4n) is 3.11. The van der Waals surface area contributed by atoms with Crippen LogP contribution in [0, 0.1) is 18.7 Å². The lowest BCUT2D eigenvalue weighted by atomic mass is 10.1. The number of nitrogens with one attached hydrogen (secondary N) is 1. The van der Waals surface area contributed by atoms with E-state index in [-0.39, 0.29) is 23.5 Å². The molecule has 4 nitrogen and oxygen atoms in total. The van der Waals surface area contributed by atoms with E-state index in [2.05, 4.69) is 5.32 Å². The van der Waals surface area contributed by atoms with Gasteiger partial charge in [-0.05, 0) is 36.2 Å². The van der Waals surface area contributed by atoms with Gasteiger partial charge in [0.15, 0.2) is 0 Å². The van der Waals surface area contributed by atoms with Gasteiger partial charge in [-0.15, -0.1) is 0 Å². The molecule has 3 rings (SSSR count). The van der Waals surface area contributed by atoms with E-state index >= 15 is 0 Å². The van der Waals surface area contributed by atoms with Gasteiger partial charge in [0, 0.05) is 37.5 Å². The minimum Gasteiger partial charge on any atom is -0.352 e. The van der Waals surface area contributed by atoms with Gasteiger partial charge in [-0.2, -0.15) is 0 Å². The lowest BCUT2D eigenvalue weighted by Crippen LogP contribution is -2.31. The second-order valence-corrected chi connectivity index (χ2v) is 6.50. The van der Waals surface area contributed by atoms with Crippen LogP contribution in [0.5, 0.6) is 0 Å². The zero-order valence-electron chi connectivity index (χ0n) is 14.2. The first kappa shape index (κ1) is 17.1. The van der Waals surface area contributed by atoms with Crippen LogP contribution in [-0.2, 0) is 11.3 Å². The molecule has 0 aliphatic carbocycles. The molecular formula is C20H21FN2O2. The Morgan fingerprint density at radius 2 is 1.92 bits per heavy atom. The van der Waals surface area contributed by atoms with Crippen molar-refractivity contribution in [1.82, 2.24) is 10.2 Å². The highest BCUT2D eigenvalue weighted by Gasteiger charge is 2.29. The number of carbonyl (C=O) groups excluding carboxylic acids is 2. The van der Waals surface area contributed by atoms with Gasteiger partial charge >= 0.3 is 0 Å². The zero-order chi connectivity index (χ0) is 17.8. The Balaban J connectivity index is 1.53. The summed E-state index contributed by atoms with van der Waals surface area (Å²) in [6, 6.07) is 13.6. The number of benzene rings is 2. The van der Waals surface area contributed by atoms with Crippen molar-refractivity contribution < 1.29 is 14.0 Å². The normalized spacial score (nSPS) is 17.0. The Morgan fingerprint density at radius 3 is 2.64 bits per heavy atom. The predicted octanol–water partition coefficient (Wildman–Crippen LogP) is 2.91. The molecule has 1 atom stereocenters. The zero-order valence-corrected chi connectivity index (χ0v) is 14.2. The summed E-state index contributed by atoms with van der Waals surface area (Å²) in [7, 11) is 0. The van der Waals surface area contributed by atoms with Crippen LogP contribution >= 0.6 is 0 Å². The first-order valence-electron chi connectivity index (χ1n) is 8.39. The van der Waals surface area contributed by atoms with E-state index < -0.39 is 0 Å². The number of rotatable bonds is 5. The average molecular weight is 340 g/mol. The molecule has 1 heterocycles. The molecule has 1 saturated heterocycles. The van der Waals surface area contributed by atoms with Crippen LogP contribution < -0.4 is 5.32 Å². The SMILES string of the molecule is Cc1ccccc1C(=O)NC[C@H]1CC(=O)N(Cc2ccc(F)cc2)C1. The van der Waals surface area contributed by atoms with Gasteiger partial charge < -0.3 is 10.2 Å². The van der Waals surface area contributed by atoms with Crippen molar-refractivity contribution in [2.45, 2.75) is 19.9 Å². The lowest BCUT2D eigenvalue weighted by molar-refractivity contribution is -0.128. The number of halogens is 1. The monoisotopic (exact) mass is 340 g/mol. The standard InChI is InChI=1S/C20H21FN2O2/c1-14-4-2-3-5-18(14)20(25)22-11-16-10-19(24)23(13-16)12-15-6-8-17(21)9-7-15/h2-9,16H,10-13H2,1H3,(H,22,25)/t16-/m1/s1. The number of hydrogen-bond donors (Lipinski definition) is 1. The Bertz CT molecular complexity index is 774. The number of likely N-dealkylation sites (tertiary alicyclic amines) is 1. The van der Waals surface area contributed by atoms with Crippen LogP contribution in [0.4, 0.5) is 4.39 Å². The van der Waals surface area contributed by atoms with Gasteiger partial charge in [-0.3, -0.25) is 9.59 Å². The molecule has 2 aromatic rings. The van der Waals surface area contributed by atoms with Crippen molar-refractivity contribution in [3.8, 4) is 0 Å². The maximum Gasteiger partial charge on any atom is 0.251 e. The van der Waals surface area contributed by atoms with Crippen LogP contribution in [0.25, 0.3) is 0 Å². The number of aryl methyl sites for hydroxylation is 1. The van der Waals surface area contributed by atoms with Crippen molar-refractivity contribution in [2.75, 3.05) is 13.1 Å². The van der Waals surface area contributed by atoms with Gasteiger partial charge in [0.25, 0.3) is 5.91 Å². The van der Waals surface area contributed by atoms with Crippen molar-refractivity contribution in [2.24, 2.45) is 5.92 Å². The summed E-state index contributed by atoms with van der Waals surface area (Å²) in [6.07, 6.45) is 0.426. The van der Waals surface area contributed by atoms with E-state index in [0.29, 0.717) is 31.6 Å². The van der Waals surface area contributed by atoms with E-state index in [4.69, 9.17) is 0 Å². The van der Waals surface area contributed by atoms with Crippen LogP contribution in [0.15, 0.2) is 48.5 Å². The summed E-state index contributed by atoms with van der Waals surface area (Å²) < 4.78 is 13.0. The minimum absolute atomic E-state index is 0.0689. The highest BCUT2D eigenvalue weighted by molar-refractivity contribution is 5.95. The number of carbonyl (C=O) groups is 2. The molecule has 5 heteroatoms. The topological polar surface area (TPSA) is 49.4 Å². The van der Waals surface area contributed by atoms with E-state index in [1.165, 1.54) is 12.1 Å². The number of nitrogens with zero attached hydrogens (tertiary/aromatic N) is 1. The van der Waals surface area contributed by atoms with Gasteiger partial charge in [-0.25, -0.2) is 4.39 Å². The fourth-order valence-corrected chi connectivity index (χ4v) is 3.11. The van der Waals surface area contributed by atoms with E-state index in [0.717, 1.165) is 11.1 Å². The van der Waals surface area contributed by atoms with Gasteiger partial charge in [0.05, 0.1) is 0 Å². The number of hydrogen-bond acceptors (Lipinski definition) is 2. The molecule has 1 aliphatic rings. The second kappa shape index (κ2) is 7.47. The van der Waals surface area contributed by atoms with Gasteiger partial charge in [0.1, 0.15) is 5.82 Å². The Morgan fingerprint density at radius 1 is 1.20 bits per heavy atom. The summed E-state index contributed by atoms with van der Waals surface area (Å²) >= 11 is 0. The molecule has 0 radical (unpaired) electrons.